The van der Waals surface area contributed by atoms with E-state index in [1.54, 1.807) is 19.2 Å². The van der Waals surface area contributed by atoms with Gasteiger partial charge in [-0.15, -0.1) is 0 Å². The molecule has 2 aromatic rings. The summed E-state index contributed by atoms with van der Waals surface area (Å²) in [6.45, 7) is 1.63. The fourth-order valence-electron chi connectivity index (χ4n) is 1.84. The number of nitrogens with zero attached hydrogens (tertiary/aromatic N) is 1. The van der Waals surface area contributed by atoms with Crippen molar-refractivity contribution in [3.63, 3.8) is 0 Å². The number of aromatic nitrogens is 1. The van der Waals surface area contributed by atoms with Crippen LogP contribution in [0.15, 0.2) is 30.5 Å². The van der Waals surface area contributed by atoms with Crippen LogP contribution in [0.4, 0.5) is 10.2 Å². The summed E-state index contributed by atoms with van der Waals surface area (Å²) in [4.78, 5) is 15.2. The number of nitrogen functional groups attached to an aromatic ring is 1. The molecule has 2 rings (SSSR count). The van der Waals surface area contributed by atoms with E-state index in [2.05, 4.69) is 27.6 Å². The van der Waals surface area contributed by atoms with Gasteiger partial charge in [0.2, 0.25) is 0 Å². The van der Waals surface area contributed by atoms with Crippen molar-refractivity contribution in [3.8, 4) is 5.75 Å². The predicted octanol–water partition coefficient (Wildman–Crippen LogP) is 3.25. The molecule has 0 saturated carbocycles. The molecule has 0 aliphatic heterocycles. The van der Waals surface area contributed by atoms with Crippen molar-refractivity contribution in [2.75, 3.05) is 5.73 Å². The minimum absolute atomic E-state index is 0.0129. The van der Waals surface area contributed by atoms with Crippen LogP contribution in [0.3, 0.4) is 0 Å². The summed E-state index contributed by atoms with van der Waals surface area (Å²) < 4.78 is 19.8. The first-order chi connectivity index (χ1) is 9.88. The van der Waals surface area contributed by atoms with Gasteiger partial charge in [0.15, 0.2) is 11.6 Å². The number of halogens is 2. The van der Waals surface area contributed by atoms with Gasteiger partial charge in [-0.1, -0.05) is 0 Å². The number of carboxylic acids is 1. The van der Waals surface area contributed by atoms with Gasteiger partial charge in [0.05, 0.1) is 5.56 Å². The first kappa shape index (κ1) is 15.5. The average molecular weight is 402 g/mol. The average Bonchev–Trinajstić information content (AvgIpc) is 2.42. The smallest absolute Gasteiger partial charge is 0.336 e. The van der Waals surface area contributed by atoms with Gasteiger partial charge in [0, 0.05) is 15.3 Å². The highest BCUT2D eigenvalue weighted by atomic mass is 127. The van der Waals surface area contributed by atoms with Crippen molar-refractivity contribution in [3.05, 3.63) is 51.0 Å². The summed E-state index contributed by atoms with van der Waals surface area (Å²) in [6.07, 6.45) is 0.896. The Morgan fingerprint density at radius 3 is 2.86 bits per heavy atom. The monoisotopic (exact) mass is 402 g/mol. The molecule has 0 bridgehead atoms. The van der Waals surface area contributed by atoms with Gasteiger partial charge in [-0.3, -0.25) is 0 Å². The number of anilines is 1. The second kappa shape index (κ2) is 6.25. The molecule has 0 unspecified atom stereocenters. The Bertz CT molecular complexity index is 694. The number of aromatic carboxylic acids is 1. The maximum absolute atomic E-state index is 13.4. The molecular formula is C14H12FIN2O3. The first-order valence-electron chi connectivity index (χ1n) is 5.99. The standard InChI is InChI=1S/C14H12FIN2O3/c1-7(21-12-5-9(16)6-18-13(12)17)11-4-8(15)2-3-10(11)14(19)20/h2-7H,1H3,(H2,17,18)(H,19,20)/t7-/m1/s1. The number of pyridine rings is 1. The fourth-order valence-corrected chi connectivity index (χ4v) is 2.27. The summed E-state index contributed by atoms with van der Waals surface area (Å²) >= 11 is 2.05. The normalized spacial score (nSPS) is 12.0. The summed E-state index contributed by atoms with van der Waals surface area (Å²) in [5.41, 5.74) is 5.94. The van der Waals surface area contributed by atoms with Crippen LogP contribution in [-0.4, -0.2) is 16.1 Å². The molecule has 0 saturated heterocycles. The van der Waals surface area contributed by atoms with E-state index in [9.17, 15) is 9.18 Å². The van der Waals surface area contributed by atoms with E-state index < -0.39 is 17.9 Å². The summed E-state index contributed by atoms with van der Waals surface area (Å²) in [7, 11) is 0. The number of ether oxygens (including phenoxy) is 1. The maximum atomic E-state index is 13.4. The van der Waals surface area contributed by atoms with Crippen LogP contribution >= 0.6 is 22.6 Å². The van der Waals surface area contributed by atoms with Crippen LogP contribution in [0, 0.1) is 9.39 Å². The molecule has 21 heavy (non-hydrogen) atoms. The van der Waals surface area contributed by atoms with Gasteiger partial charge in [-0.2, -0.15) is 0 Å². The molecule has 5 nitrogen and oxygen atoms in total. The highest BCUT2D eigenvalue weighted by Crippen LogP contribution is 2.29. The lowest BCUT2D eigenvalue weighted by Gasteiger charge is -2.18. The van der Waals surface area contributed by atoms with Gasteiger partial charge < -0.3 is 15.6 Å². The fraction of sp³-hybridized carbons (Fsp3) is 0.143. The zero-order valence-electron chi connectivity index (χ0n) is 11.0. The van der Waals surface area contributed by atoms with E-state index in [1.165, 1.54) is 6.07 Å². The molecule has 7 heteroatoms. The molecule has 0 amide bonds. The van der Waals surface area contributed by atoms with Gasteiger partial charge in [0.1, 0.15) is 11.9 Å². The van der Waals surface area contributed by atoms with E-state index >= 15 is 0 Å². The lowest BCUT2D eigenvalue weighted by molar-refractivity contribution is 0.0691. The third kappa shape index (κ3) is 3.60. The second-order valence-electron chi connectivity index (χ2n) is 4.33. The highest BCUT2D eigenvalue weighted by molar-refractivity contribution is 14.1. The van der Waals surface area contributed by atoms with Crippen molar-refractivity contribution in [2.24, 2.45) is 0 Å². The number of hydrogen-bond donors (Lipinski definition) is 2. The minimum Gasteiger partial charge on any atom is -0.482 e. The van der Waals surface area contributed by atoms with E-state index in [1.807, 2.05) is 0 Å². The summed E-state index contributed by atoms with van der Waals surface area (Å²) in [5.74, 6) is -1.15. The third-order valence-electron chi connectivity index (χ3n) is 2.83. The van der Waals surface area contributed by atoms with Gasteiger partial charge >= 0.3 is 5.97 Å². The maximum Gasteiger partial charge on any atom is 0.336 e. The van der Waals surface area contributed by atoms with Crippen LogP contribution < -0.4 is 10.5 Å². The van der Waals surface area contributed by atoms with E-state index in [0.29, 0.717) is 5.75 Å². The summed E-state index contributed by atoms with van der Waals surface area (Å²) in [5, 5.41) is 9.15. The molecule has 0 aliphatic carbocycles. The van der Waals surface area contributed by atoms with Crippen molar-refractivity contribution < 1.29 is 19.0 Å². The highest BCUT2D eigenvalue weighted by Gasteiger charge is 2.19. The Labute approximate surface area is 134 Å². The molecule has 1 aromatic carbocycles. The van der Waals surface area contributed by atoms with Gasteiger partial charge in [-0.25, -0.2) is 14.2 Å². The minimum atomic E-state index is -1.14. The Balaban J connectivity index is 2.36. The molecule has 1 heterocycles. The van der Waals surface area contributed by atoms with E-state index in [-0.39, 0.29) is 16.9 Å². The first-order valence-corrected chi connectivity index (χ1v) is 7.06. The SMILES string of the molecule is C[C@@H](Oc1cc(I)cnc1N)c1cc(F)ccc1C(=O)O. The van der Waals surface area contributed by atoms with Gasteiger partial charge in [-0.05, 0) is 53.8 Å². The van der Waals surface area contributed by atoms with Crippen molar-refractivity contribution in [2.45, 2.75) is 13.0 Å². The number of rotatable bonds is 4. The Kier molecular flexibility index (Phi) is 4.61. The molecule has 3 N–H and O–H groups in total. The lowest BCUT2D eigenvalue weighted by Crippen LogP contribution is -2.11. The van der Waals surface area contributed by atoms with Gasteiger partial charge in [0.25, 0.3) is 0 Å². The van der Waals surface area contributed by atoms with Crippen molar-refractivity contribution in [1.82, 2.24) is 4.98 Å². The van der Waals surface area contributed by atoms with Crippen molar-refractivity contribution >= 4 is 34.4 Å². The molecule has 0 fully saturated rings. The number of benzene rings is 1. The Morgan fingerprint density at radius 2 is 2.19 bits per heavy atom. The zero-order chi connectivity index (χ0) is 15.6. The quantitative estimate of drug-likeness (QED) is 0.768. The van der Waals surface area contributed by atoms with Crippen LogP contribution in [0.25, 0.3) is 0 Å². The predicted molar refractivity (Wildman–Crippen MR) is 83.8 cm³/mol. The van der Waals surface area contributed by atoms with Crippen molar-refractivity contribution in [1.29, 1.82) is 0 Å². The summed E-state index contributed by atoms with van der Waals surface area (Å²) in [6, 6.07) is 5.13. The number of carbonyl (C=O) groups is 1. The number of nitrogens with two attached hydrogens (primary N) is 1. The molecule has 0 radical (unpaired) electrons. The topological polar surface area (TPSA) is 85.4 Å². The Morgan fingerprint density at radius 1 is 1.48 bits per heavy atom. The molecule has 0 aliphatic rings. The van der Waals surface area contributed by atoms with Crippen LogP contribution in [-0.2, 0) is 0 Å². The molecule has 1 aromatic heterocycles. The number of hydrogen-bond acceptors (Lipinski definition) is 4. The van der Waals surface area contributed by atoms with Crippen LogP contribution in [0.2, 0.25) is 0 Å². The molecule has 0 spiro atoms. The van der Waals surface area contributed by atoms with E-state index in [0.717, 1.165) is 15.7 Å². The van der Waals surface area contributed by atoms with E-state index in [4.69, 9.17) is 15.6 Å². The second-order valence-corrected chi connectivity index (χ2v) is 5.58. The Hall–Kier alpha value is -1.90. The van der Waals surface area contributed by atoms with Crippen LogP contribution in [0.5, 0.6) is 5.75 Å². The van der Waals surface area contributed by atoms with Crippen LogP contribution in [0.1, 0.15) is 28.9 Å². The largest absolute Gasteiger partial charge is 0.482 e. The molecular weight excluding hydrogens is 390 g/mol. The molecule has 110 valence electrons. The number of carboxylic acid groups (broad SMARTS) is 1. The lowest BCUT2D eigenvalue weighted by atomic mass is 10.0. The third-order valence-corrected chi connectivity index (χ3v) is 3.42. The zero-order valence-corrected chi connectivity index (χ0v) is 13.2. The molecule has 1 atom stereocenters.